The van der Waals surface area contributed by atoms with Gasteiger partial charge in [-0.3, -0.25) is 4.99 Å². The summed E-state index contributed by atoms with van der Waals surface area (Å²) in [5.74, 6) is 0.975. The summed E-state index contributed by atoms with van der Waals surface area (Å²) in [7, 11) is -3.25. The summed E-state index contributed by atoms with van der Waals surface area (Å²) in [6.07, 6.45) is 5.16. The third-order valence-corrected chi connectivity index (χ3v) is 7.31. The van der Waals surface area contributed by atoms with E-state index in [1.807, 2.05) is 13.8 Å². The van der Waals surface area contributed by atoms with Gasteiger partial charge in [0, 0.05) is 39.3 Å². The van der Waals surface area contributed by atoms with Gasteiger partial charge in [0.25, 0.3) is 0 Å². The maximum Gasteiger partial charge on any atom is 0.216 e. The van der Waals surface area contributed by atoms with E-state index in [-0.39, 0.29) is 18.5 Å². The van der Waals surface area contributed by atoms with Crippen LogP contribution in [0.2, 0.25) is 0 Å². The Morgan fingerprint density at radius 1 is 1.19 bits per heavy atom. The van der Waals surface area contributed by atoms with Gasteiger partial charge in [-0.25, -0.2) is 8.42 Å². The molecule has 0 unspecified atom stereocenters. The molecule has 2 fully saturated rings. The highest BCUT2D eigenvalue weighted by Crippen LogP contribution is 2.37. The van der Waals surface area contributed by atoms with E-state index >= 15 is 0 Å². The van der Waals surface area contributed by atoms with Crippen molar-refractivity contribution < 1.29 is 13.2 Å². The van der Waals surface area contributed by atoms with Crippen LogP contribution >= 0.6 is 0 Å². The van der Waals surface area contributed by atoms with Crippen molar-refractivity contribution in [2.75, 3.05) is 51.6 Å². The third kappa shape index (κ3) is 6.91. The number of piperazine rings is 1. The van der Waals surface area contributed by atoms with Gasteiger partial charge in [-0.1, -0.05) is 19.8 Å². The second kappa shape index (κ2) is 10.1. The molecule has 0 atom stereocenters. The molecule has 0 aromatic carbocycles. The lowest BCUT2D eigenvalue weighted by Crippen LogP contribution is -2.54. The Hall–Kier alpha value is -0.860. The van der Waals surface area contributed by atoms with Crippen molar-refractivity contribution in [3.05, 3.63) is 0 Å². The minimum Gasteiger partial charge on any atom is -0.378 e. The Labute approximate surface area is 165 Å². The highest BCUT2D eigenvalue weighted by molar-refractivity contribution is 7.89. The van der Waals surface area contributed by atoms with Gasteiger partial charge < -0.3 is 15.0 Å². The van der Waals surface area contributed by atoms with Gasteiger partial charge >= 0.3 is 0 Å². The number of aliphatic imine (C=N–C) groups is 1. The normalized spacial score (nSPS) is 21.8. The molecular formula is C19H38N4O3S. The molecule has 1 aliphatic heterocycles. The van der Waals surface area contributed by atoms with E-state index in [0.29, 0.717) is 31.6 Å². The van der Waals surface area contributed by atoms with E-state index in [2.05, 4.69) is 24.1 Å². The molecule has 1 saturated carbocycles. The molecule has 27 heavy (non-hydrogen) atoms. The van der Waals surface area contributed by atoms with Crippen LogP contribution in [-0.2, 0) is 14.8 Å². The van der Waals surface area contributed by atoms with E-state index in [4.69, 9.17) is 9.73 Å². The van der Waals surface area contributed by atoms with Crippen LogP contribution in [0.1, 0.15) is 53.4 Å². The Morgan fingerprint density at radius 3 is 2.37 bits per heavy atom. The summed E-state index contributed by atoms with van der Waals surface area (Å²) in [6.45, 7) is 12.5. The van der Waals surface area contributed by atoms with Crippen LogP contribution < -0.4 is 5.32 Å². The summed E-state index contributed by atoms with van der Waals surface area (Å²) in [5.41, 5.74) is 0.322. The number of hydrogen-bond acceptors (Lipinski definition) is 4. The van der Waals surface area contributed by atoms with Crippen molar-refractivity contribution in [2.45, 2.75) is 59.5 Å². The predicted octanol–water partition coefficient (Wildman–Crippen LogP) is 1.90. The molecule has 0 aromatic heterocycles. The van der Waals surface area contributed by atoms with Crippen molar-refractivity contribution in [1.29, 1.82) is 0 Å². The van der Waals surface area contributed by atoms with E-state index in [9.17, 15) is 8.42 Å². The first kappa shape index (κ1) is 22.4. The maximum atomic E-state index is 12.5. The fourth-order valence-electron chi connectivity index (χ4n) is 3.77. The molecular weight excluding hydrogens is 364 g/mol. The number of rotatable bonds is 8. The molecule has 1 heterocycles. The van der Waals surface area contributed by atoms with E-state index in [1.54, 1.807) is 4.31 Å². The predicted molar refractivity (Wildman–Crippen MR) is 111 cm³/mol. The Bertz CT molecular complexity index is 578. The average Bonchev–Trinajstić information content (AvgIpc) is 3.05. The zero-order valence-electron chi connectivity index (χ0n) is 17.5. The standard InChI is InChI=1S/C19H38N4O3S/c1-5-20-18(21-16-19(4)8-6-7-9-19)22-10-12-23(13-11-22)27(24,25)15-14-26-17(2)3/h17H,5-16H2,1-4H3,(H,20,21). The Kier molecular flexibility index (Phi) is 8.37. The van der Waals surface area contributed by atoms with Crippen LogP contribution in [0, 0.1) is 5.41 Å². The van der Waals surface area contributed by atoms with Gasteiger partial charge in [-0.15, -0.1) is 0 Å². The number of hydrogen-bond donors (Lipinski definition) is 1. The van der Waals surface area contributed by atoms with Gasteiger partial charge in [0.05, 0.1) is 18.5 Å². The first-order valence-electron chi connectivity index (χ1n) is 10.4. The molecule has 1 aliphatic carbocycles. The molecule has 2 rings (SSSR count). The molecule has 2 aliphatic rings. The number of nitrogens with zero attached hydrogens (tertiary/aromatic N) is 3. The van der Waals surface area contributed by atoms with Crippen LogP contribution in [0.25, 0.3) is 0 Å². The Balaban J connectivity index is 1.89. The number of guanidine groups is 1. The fraction of sp³-hybridized carbons (Fsp3) is 0.947. The molecule has 1 saturated heterocycles. The first-order chi connectivity index (χ1) is 12.8. The van der Waals surface area contributed by atoms with Gasteiger partial charge in [0.15, 0.2) is 5.96 Å². The number of ether oxygens (including phenoxy) is 1. The lowest BCUT2D eigenvalue weighted by atomic mass is 9.89. The smallest absolute Gasteiger partial charge is 0.216 e. The Morgan fingerprint density at radius 2 is 1.81 bits per heavy atom. The molecule has 1 N–H and O–H groups in total. The van der Waals surface area contributed by atoms with Crippen molar-refractivity contribution >= 4 is 16.0 Å². The summed E-state index contributed by atoms with van der Waals surface area (Å²) >= 11 is 0. The summed E-state index contributed by atoms with van der Waals surface area (Å²) in [6, 6.07) is 0. The van der Waals surface area contributed by atoms with Crippen LogP contribution in [-0.4, -0.2) is 81.3 Å². The summed E-state index contributed by atoms with van der Waals surface area (Å²) in [4.78, 5) is 7.08. The van der Waals surface area contributed by atoms with Crippen molar-refractivity contribution in [1.82, 2.24) is 14.5 Å². The van der Waals surface area contributed by atoms with Crippen LogP contribution in [0.5, 0.6) is 0 Å². The first-order valence-corrected chi connectivity index (χ1v) is 12.0. The zero-order chi connectivity index (χ0) is 19.9. The fourth-order valence-corrected chi connectivity index (χ4v) is 5.06. The van der Waals surface area contributed by atoms with E-state index in [0.717, 1.165) is 19.0 Å². The van der Waals surface area contributed by atoms with Crippen LogP contribution in [0.15, 0.2) is 4.99 Å². The van der Waals surface area contributed by atoms with Gasteiger partial charge in [-0.2, -0.15) is 4.31 Å². The minimum atomic E-state index is -3.25. The van der Waals surface area contributed by atoms with E-state index < -0.39 is 10.0 Å². The lowest BCUT2D eigenvalue weighted by molar-refractivity contribution is 0.0904. The topological polar surface area (TPSA) is 74.2 Å². The van der Waals surface area contributed by atoms with Gasteiger partial charge in [0.1, 0.15) is 0 Å². The maximum absolute atomic E-state index is 12.5. The van der Waals surface area contributed by atoms with Crippen LogP contribution in [0.4, 0.5) is 0 Å². The number of nitrogens with one attached hydrogen (secondary N) is 1. The summed E-state index contributed by atoms with van der Waals surface area (Å²) in [5, 5.41) is 3.38. The third-order valence-electron chi connectivity index (χ3n) is 5.48. The average molecular weight is 403 g/mol. The SMILES string of the molecule is CCNC(=NCC1(C)CCCC1)N1CCN(S(=O)(=O)CCOC(C)C)CC1. The lowest BCUT2D eigenvalue weighted by Gasteiger charge is -2.36. The molecule has 0 radical (unpaired) electrons. The molecule has 0 aromatic rings. The monoisotopic (exact) mass is 402 g/mol. The number of sulfonamides is 1. The molecule has 0 bridgehead atoms. The molecule has 0 spiro atoms. The minimum absolute atomic E-state index is 0.0533. The highest BCUT2D eigenvalue weighted by Gasteiger charge is 2.30. The largest absolute Gasteiger partial charge is 0.378 e. The van der Waals surface area contributed by atoms with Gasteiger partial charge in [0.2, 0.25) is 10.0 Å². The van der Waals surface area contributed by atoms with Gasteiger partial charge in [-0.05, 0) is 39.0 Å². The van der Waals surface area contributed by atoms with Crippen molar-refractivity contribution in [2.24, 2.45) is 10.4 Å². The highest BCUT2D eigenvalue weighted by atomic mass is 32.2. The molecule has 7 nitrogen and oxygen atoms in total. The summed E-state index contributed by atoms with van der Waals surface area (Å²) < 4.78 is 32.0. The van der Waals surface area contributed by atoms with E-state index in [1.165, 1.54) is 25.7 Å². The van der Waals surface area contributed by atoms with Crippen molar-refractivity contribution in [3.8, 4) is 0 Å². The second-order valence-electron chi connectivity index (χ2n) is 8.31. The van der Waals surface area contributed by atoms with Crippen molar-refractivity contribution in [3.63, 3.8) is 0 Å². The molecule has 158 valence electrons. The second-order valence-corrected chi connectivity index (χ2v) is 10.4. The molecule has 0 amide bonds. The quantitative estimate of drug-likeness (QED) is 0.496. The zero-order valence-corrected chi connectivity index (χ0v) is 18.4. The molecule has 8 heteroatoms. The van der Waals surface area contributed by atoms with Crippen LogP contribution in [0.3, 0.4) is 0 Å².